The van der Waals surface area contributed by atoms with Crippen LogP contribution in [0.1, 0.15) is 5.56 Å². The molecule has 0 amide bonds. The number of aromatic nitrogens is 1. The number of fused-ring (bicyclic) bond motifs is 2. The topological polar surface area (TPSA) is 159 Å². The molecule has 0 spiro atoms. The number of aliphatic imine (C=N–C) groups is 1. The molecule has 0 saturated carbocycles. The van der Waals surface area contributed by atoms with Crippen LogP contribution in [0, 0.1) is 0 Å². The molecular formula is C16H18N10O2. The molecule has 0 bridgehead atoms. The predicted molar refractivity (Wildman–Crippen MR) is 99.7 cm³/mol. The number of hydrazone groups is 1. The number of hydrogen-bond donors (Lipinski definition) is 1. The van der Waals surface area contributed by atoms with E-state index in [-0.39, 0.29) is 25.2 Å². The minimum atomic E-state index is -0.524. The minimum absolute atomic E-state index is 0.0507. The van der Waals surface area contributed by atoms with Crippen LogP contribution in [0.15, 0.2) is 56.2 Å². The third-order valence-electron chi connectivity index (χ3n) is 4.56. The SMILES string of the molecule is [N-]=[N+]=NC[C@H](CN=NN)OC1=NN2C(=NCC2C2Cc3cnccc3O2)C=C1. The van der Waals surface area contributed by atoms with Crippen molar-refractivity contribution in [3.05, 3.63) is 46.6 Å². The summed E-state index contributed by atoms with van der Waals surface area (Å²) in [5.41, 5.74) is 9.62. The summed E-state index contributed by atoms with van der Waals surface area (Å²) in [6.07, 6.45) is 7.24. The Labute approximate surface area is 160 Å². The summed E-state index contributed by atoms with van der Waals surface area (Å²) in [5, 5.41) is 16.8. The number of nitrogens with two attached hydrogens (primary N) is 1. The Bertz CT molecular complexity index is 879. The maximum atomic E-state index is 8.54. The molecule has 0 radical (unpaired) electrons. The van der Waals surface area contributed by atoms with E-state index >= 15 is 0 Å². The van der Waals surface area contributed by atoms with Gasteiger partial charge in [-0.15, -0.1) is 5.10 Å². The van der Waals surface area contributed by atoms with Crippen molar-refractivity contribution in [3.8, 4) is 5.75 Å². The fourth-order valence-electron chi connectivity index (χ4n) is 3.27. The smallest absolute Gasteiger partial charge is 0.231 e. The van der Waals surface area contributed by atoms with Crippen molar-refractivity contribution in [1.29, 1.82) is 0 Å². The molecule has 12 heteroatoms. The first-order valence-electron chi connectivity index (χ1n) is 8.72. The highest BCUT2D eigenvalue weighted by molar-refractivity contribution is 6.04. The van der Waals surface area contributed by atoms with E-state index in [1.165, 1.54) is 0 Å². The van der Waals surface area contributed by atoms with Gasteiger partial charge in [0.25, 0.3) is 0 Å². The molecule has 0 aliphatic carbocycles. The Hall–Kier alpha value is -3.66. The van der Waals surface area contributed by atoms with Gasteiger partial charge in [0, 0.05) is 35.4 Å². The van der Waals surface area contributed by atoms with Crippen LogP contribution in [-0.2, 0) is 11.2 Å². The number of amidine groups is 1. The first-order chi connectivity index (χ1) is 13.8. The van der Waals surface area contributed by atoms with E-state index in [0.717, 1.165) is 23.6 Å². The van der Waals surface area contributed by atoms with Gasteiger partial charge in [-0.2, -0.15) is 5.11 Å². The zero-order chi connectivity index (χ0) is 19.3. The lowest BCUT2D eigenvalue weighted by Gasteiger charge is -2.28. The summed E-state index contributed by atoms with van der Waals surface area (Å²) >= 11 is 0. The van der Waals surface area contributed by atoms with Gasteiger partial charge in [0.05, 0.1) is 19.6 Å². The van der Waals surface area contributed by atoms with Crippen LogP contribution in [0.5, 0.6) is 5.75 Å². The van der Waals surface area contributed by atoms with Crippen LogP contribution in [0.3, 0.4) is 0 Å². The first kappa shape index (κ1) is 17.7. The van der Waals surface area contributed by atoms with Crippen molar-refractivity contribution >= 4 is 11.7 Å². The van der Waals surface area contributed by atoms with E-state index in [9.17, 15) is 0 Å². The third-order valence-corrected chi connectivity index (χ3v) is 4.56. The van der Waals surface area contributed by atoms with Crippen molar-refractivity contribution in [2.45, 2.75) is 24.7 Å². The van der Waals surface area contributed by atoms with Crippen molar-refractivity contribution in [1.82, 2.24) is 9.99 Å². The highest BCUT2D eigenvalue weighted by atomic mass is 16.5. The Morgan fingerprint density at radius 2 is 2.36 bits per heavy atom. The van der Waals surface area contributed by atoms with Gasteiger partial charge in [0.15, 0.2) is 0 Å². The summed E-state index contributed by atoms with van der Waals surface area (Å²) in [6.45, 7) is 0.813. The molecule has 4 rings (SSSR count). The fraction of sp³-hybridized carbons (Fsp3) is 0.438. The number of nitrogens with zero attached hydrogens (tertiary/aromatic N) is 9. The molecule has 3 atom stereocenters. The van der Waals surface area contributed by atoms with Gasteiger partial charge in [0.2, 0.25) is 5.90 Å². The first-order valence-corrected chi connectivity index (χ1v) is 8.72. The molecule has 0 saturated heterocycles. The fourth-order valence-corrected chi connectivity index (χ4v) is 3.27. The van der Waals surface area contributed by atoms with Crippen LogP contribution >= 0.6 is 0 Å². The molecule has 0 aromatic carbocycles. The van der Waals surface area contributed by atoms with Crippen molar-refractivity contribution in [2.24, 2.45) is 31.4 Å². The van der Waals surface area contributed by atoms with Crippen molar-refractivity contribution in [3.63, 3.8) is 0 Å². The standard InChI is InChI=1S/C16H18N10O2/c17-24-21-7-11(8-22-25-18)27-16-2-1-15-20-9-12(26(15)23-16)14-5-10-6-19-4-3-13(10)28-14/h1-4,6,11-12,14H,5,7-9H2,(H2,17,21)/t11-,12?,14?/m0/s1. The number of rotatable bonds is 6. The van der Waals surface area contributed by atoms with Crippen LogP contribution in [0.25, 0.3) is 10.4 Å². The van der Waals surface area contributed by atoms with Gasteiger partial charge >= 0.3 is 0 Å². The summed E-state index contributed by atoms with van der Waals surface area (Å²) in [7, 11) is 0. The van der Waals surface area contributed by atoms with Crippen LogP contribution in [0.2, 0.25) is 0 Å². The molecule has 1 aromatic rings. The number of ether oxygens (including phenoxy) is 2. The summed E-state index contributed by atoms with van der Waals surface area (Å²) in [5.74, 6) is 7.02. The maximum Gasteiger partial charge on any atom is 0.231 e. The van der Waals surface area contributed by atoms with E-state index in [0.29, 0.717) is 12.4 Å². The van der Waals surface area contributed by atoms with Crippen molar-refractivity contribution in [2.75, 3.05) is 19.6 Å². The van der Waals surface area contributed by atoms with Crippen molar-refractivity contribution < 1.29 is 9.47 Å². The average molecular weight is 382 g/mol. The van der Waals surface area contributed by atoms with E-state index in [4.69, 9.17) is 20.8 Å². The van der Waals surface area contributed by atoms with Crippen LogP contribution in [-0.4, -0.2) is 59.6 Å². The second-order valence-electron chi connectivity index (χ2n) is 6.32. The van der Waals surface area contributed by atoms with Crippen LogP contribution in [0.4, 0.5) is 0 Å². The van der Waals surface area contributed by atoms with Crippen LogP contribution < -0.4 is 10.6 Å². The summed E-state index contributed by atoms with van der Waals surface area (Å²) in [4.78, 5) is 11.4. The molecule has 3 aliphatic rings. The van der Waals surface area contributed by atoms with Gasteiger partial charge < -0.3 is 15.3 Å². The average Bonchev–Trinajstić information content (AvgIpc) is 3.33. The number of azide groups is 1. The highest BCUT2D eigenvalue weighted by Crippen LogP contribution is 2.32. The Morgan fingerprint density at radius 1 is 1.43 bits per heavy atom. The Balaban J connectivity index is 1.46. The lowest BCUT2D eigenvalue weighted by molar-refractivity contribution is 0.135. The Morgan fingerprint density at radius 3 is 3.18 bits per heavy atom. The second-order valence-corrected chi connectivity index (χ2v) is 6.32. The van der Waals surface area contributed by atoms with E-state index in [2.05, 4.69) is 35.4 Å². The molecule has 28 heavy (non-hydrogen) atoms. The normalized spacial score (nSPS) is 23.4. The largest absolute Gasteiger partial charge is 0.487 e. The molecule has 1 aromatic heterocycles. The monoisotopic (exact) mass is 382 g/mol. The summed E-state index contributed by atoms with van der Waals surface area (Å²) < 4.78 is 11.9. The zero-order valence-electron chi connectivity index (χ0n) is 14.9. The zero-order valence-corrected chi connectivity index (χ0v) is 14.9. The van der Waals surface area contributed by atoms with E-state index in [1.54, 1.807) is 12.3 Å². The molecule has 4 heterocycles. The number of hydrogen-bond acceptors (Lipinski definition) is 9. The lowest BCUT2D eigenvalue weighted by atomic mass is 10.1. The molecule has 2 unspecified atom stereocenters. The lowest BCUT2D eigenvalue weighted by Crippen LogP contribution is -2.44. The van der Waals surface area contributed by atoms with Gasteiger partial charge in [-0.25, -0.2) is 5.01 Å². The Kier molecular flexibility index (Phi) is 5.02. The molecule has 12 nitrogen and oxygen atoms in total. The maximum absolute atomic E-state index is 8.54. The quantitative estimate of drug-likeness (QED) is 0.258. The van der Waals surface area contributed by atoms with Gasteiger partial charge in [-0.1, -0.05) is 10.3 Å². The molecular weight excluding hydrogens is 364 g/mol. The van der Waals surface area contributed by atoms with Gasteiger partial charge in [-0.05, 0) is 17.7 Å². The molecule has 144 valence electrons. The minimum Gasteiger partial charge on any atom is -0.487 e. The molecule has 0 fully saturated rings. The molecule has 2 N–H and O–H groups in total. The van der Waals surface area contributed by atoms with Gasteiger partial charge in [-0.3, -0.25) is 9.98 Å². The van der Waals surface area contributed by atoms with Gasteiger partial charge in [0.1, 0.15) is 29.8 Å². The third kappa shape index (κ3) is 3.58. The number of pyridine rings is 1. The second kappa shape index (κ2) is 7.92. The summed E-state index contributed by atoms with van der Waals surface area (Å²) in [6, 6.07) is 1.82. The predicted octanol–water partition coefficient (Wildman–Crippen LogP) is 1.37. The molecule has 3 aliphatic heterocycles. The van der Waals surface area contributed by atoms with E-state index in [1.807, 2.05) is 23.3 Å². The van der Waals surface area contributed by atoms with E-state index < -0.39 is 6.10 Å². The highest BCUT2D eigenvalue weighted by Gasteiger charge is 2.39.